The van der Waals surface area contributed by atoms with E-state index >= 15 is 0 Å². The third-order valence-corrected chi connectivity index (χ3v) is 10.3. The van der Waals surface area contributed by atoms with Gasteiger partial charge in [-0.2, -0.15) is 0 Å². The first-order valence-electron chi connectivity index (χ1n) is 16.4. The van der Waals surface area contributed by atoms with Crippen LogP contribution in [-0.4, -0.2) is 94.2 Å². The maximum absolute atomic E-state index is 7.11. The van der Waals surface area contributed by atoms with Gasteiger partial charge in [0.05, 0.1) is 0 Å². The summed E-state index contributed by atoms with van der Waals surface area (Å²) in [5.41, 5.74) is 4.41. The van der Waals surface area contributed by atoms with Gasteiger partial charge in [0.15, 0.2) is 0 Å². The van der Waals surface area contributed by atoms with Crippen LogP contribution in [0.4, 0.5) is 0 Å². The molecule has 24 radical (unpaired) electrons. The first kappa shape index (κ1) is 34.7. The van der Waals surface area contributed by atoms with Crippen molar-refractivity contribution < 1.29 is 0 Å². The van der Waals surface area contributed by atoms with Gasteiger partial charge in [-0.15, -0.1) is 21.9 Å². The second-order valence-corrected chi connectivity index (χ2v) is 13.0. The summed E-state index contributed by atoms with van der Waals surface area (Å²) < 4.78 is 0. The van der Waals surface area contributed by atoms with E-state index in [1.165, 1.54) is 0 Å². The Morgan fingerprint density at radius 3 is 1.15 bits per heavy atom. The number of hydrogen-bond acceptors (Lipinski definition) is 0. The SMILES string of the molecule is [B]c1c([B])c(-c2c3c([B])c([B])c([B])c([B])c3c(-c3ccccc3)c3c([B])c([B])c([B])c([B])c23)c([B])c([B])c1-c1cc2ccccc2c2ccccc12. The fraction of sp³-hybridized carbons (Fsp3) is 0. The zero-order valence-corrected chi connectivity index (χ0v) is 28.0. The lowest BCUT2D eigenvalue weighted by Gasteiger charge is -2.31. The van der Waals surface area contributed by atoms with Gasteiger partial charge in [0.1, 0.15) is 94.2 Å². The summed E-state index contributed by atoms with van der Waals surface area (Å²) >= 11 is 0. The zero-order valence-electron chi connectivity index (χ0n) is 28.0. The minimum absolute atomic E-state index is 0.0527. The Hall–Kier alpha value is -4.42. The van der Waals surface area contributed by atoms with Crippen molar-refractivity contribution in [1.82, 2.24) is 0 Å². The van der Waals surface area contributed by atoms with E-state index < -0.39 is 0 Å². The molecule has 12 heteroatoms. The molecule has 8 aromatic rings. The number of benzene rings is 8. The number of fused-ring (bicyclic) bond motifs is 5. The molecule has 0 N–H and O–H groups in total. The predicted octanol–water partition coefficient (Wildman–Crippen LogP) is -3.17. The van der Waals surface area contributed by atoms with Crippen molar-refractivity contribution in [2.24, 2.45) is 0 Å². The summed E-state index contributed by atoms with van der Waals surface area (Å²) in [5, 5.41) is 5.54. The summed E-state index contributed by atoms with van der Waals surface area (Å²) in [6, 6.07) is 27.5. The van der Waals surface area contributed by atoms with Gasteiger partial charge in [0.2, 0.25) is 0 Å². The highest BCUT2D eigenvalue weighted by Crippen LogP contribution is 2.40. The quantitative estimate of drug-likeness (QED) is 0.111. The molecule has 0 heterocycles. The van der Waals surface area contributed by atoms with Crippen molar-refractivity contribution >= 4 is 203 Å². The van der Waals surface area contributed by atoms with Crippen molar-refractivity contribution in [2.75, 3.05) is 0 Å². The van der Waals surface area contributed by atoms with Crippen LogP contribution in [0.2, 0.25) is 0 Å². The molecule has 0 amide bonds. The van der Waals surface area contributed by atoms with Crippen LogP contribution < -0.4 is 65.6 Å². The molecule has 0 aliphatic carbocycles. The summed E-state index contributed by atoms with van der Waals surface area (Å²) in [7, 11) is 81.9. The molecular weight excluding hydrogens is 610 g/mol. The third-order valence-electron chi connectivity index (χ3n) is 10.3. The molecule has 0 unspecified atom stereocenters. The smallest absolute Gasteiger partial charge is 0.110 e. The van der Waals surface area contributed by atoms with E-state index in [2.05, 4.69) is 6.07 Å². The van der Waals surface area contributed by atoms with E-state index in [0.717, 1.165) is 27.1 Å². The average molecular weight is 624 g/mol. The first-order chi connectivity index (χ1) is 24.9. The second-order valence-electron chi connectivity index (χ2n) is 13.0. The third kappa shape index (κ3) is 4.79. The lowest BCUT2D eigenvalue weighted by molar-refractivity contribution is 1.69. The van der Waals surface area contributed by atoms with Gasteiger partial charge in [-0.1, -0.05) is 123 Å². The van der Waals surface area contributed by atoms with Crippen LogP contribution in [0.25, 0.3) is 76.5 Å². The largest absolute Gasteiger partial charge is 0.113 e. The minimum Gasteiger partial charge on any atom is -0.110 e. The molecule has 8 rings (SSSR count). The van der Waals surface area contributed by atoms with Gasteiger partial charge >= 0.3 is 0 Å². The molecule has 0 atom stereocenters. The van der Waals surface area contributed by atoms with Crippen LogP contribution in [0.3, 0.4) is 0 Å². The normalized spacial score (nSPS) is 11.6. The minimum atomic E-state index is 0.0527. The summed E-state index contributed by atoms with van der Waals surface area (Å²) in [6.45, 7) is 0. The van der Waals surface area contributed by atoms with Gasteiger partial charge in [-0.3, -0.25) is 0 Å². The van der Waals surface area contributed by atoms with E-state index in [9.17, 15) is 0 Å². The van der Waals surface area contributed by atoms with Crippen molar-refractivity contribution in [2.45, 2.75) is 0 Å². The molecule has 0 aliphatic heterocycles. The van der Waals surface area contributed by atoms with Gasteiger partial charge in [-0.05, 0) is 82.5 Å². The molecule has 0 bridgehead atoms. The van der Waals surface area contributed by atoms with Crippen LogP contribution in [0.15, 0.2) is 84.9 Å². The molecule has 0 fully saturated rings. The van der Waals surface area contributed by atoms with E-state index in [1.54, 1.807) is 0 Å². The Morgan fingerprint density at radius 1 is 0.269 bits per heavy atom. The maximum atomic E-state index is 7.11. The highest BCUT2D eigenvalue weighted by atomic mass is 14.3. The molecule has 8 aromatic carbocycles. The molecule has 0 spiro atoms. The van der Waals surface area contributed by atoms with Crippen LogP contribution >= 0.6 is 0 Å². The summed E-state index contributed by atoms with van der Waals surface area (Å²) in [5.74, 6) is 0. The Balaban J connectivity index is 1.62. The van der Waals surface area contributed by atoms with E-state index in [4.69, 9.17) is 94.2 Å². The van der Waals surface area contributed by atoms with Gasteiger partial charge in [0, 0.05) is 0 Å². The van der Waals surface area contributed by atoms with E-state index in [1.807, 2.05) is 78.9 Å². The number of rotatable bonds is 3. The fourth-order valence-electron chi connectivity index (χ4n) is 7.74. The molecule has 0 nitrogen and oxygen atoms in total. The average Bonchev–Trinajstić information content (AvgIpc) is 3.16. The van der Waals surface area contributed by atoms with Crippen molar-refractivity contribution in [3.8, 4) is 33.4 Å². The molecule has 0 saturated heterocycles. The lowest BCUT2D eigenvalue weighted by Crippen LogP contribution is -2.50. The molecule has 52 heavy (non-hydrogen) atoms. The van der Waals surface area contributed by atoms with Crippen LogP contribution in [0.1, 0.15) is 0 Å². The molecular formula is C40H14B12. The predicted molar refractivity (Wildman–Crippen MR) is 237 cm³/mol. The number of hydrogen-bond donors (Lipinski definition) is 0. The van der Waals surface area contributed by atoms with Crippen LogP contribution in [0, 0.1) is 0 Å². The molecule has 210 valence electrons. The second kappa shape index (κ2) is 12.6. The zero-order chi connectivity index (χ0) is 36.9. The summed E-state index contributed by atoms with van der Waals surface area (Å²) in [6.07, 6.45) is 0. The van der Waals surface area contributed by atoms with Crippen LogP contribution in [-0.2, 0) is 0 Å². The maximum Gasteiger partial charge on any atom is 0.113 e. The van der Waals surface area contributed by atoms with E-state index in [0.29, 0.717) is 43.8 Å². The van der Waals surface area contributed by atoms with Crippen molar-refractivity contribution in [1.29, 1.82) is 0 Å². The summed E-state index contributed by atoms with van der Waals surface area (Å²) in [4.78, 5) is 0. The molecule has 0 saturated carbocycles. The van der Waals surface area contributed by atoms with Crippen LogP contribution in [0.5, 0.6) is 0 Å². The Morgan fingerprint density at radius 2 is 0.654 bits per heavy atom. The fourth-order valence-corrected chi connectivity index (χ4v) is 7.74. The highest BCUT2D eigenvalue weighted by molar-refractivity contribution is 6.72. The topological polar surface area (TPSA) is 0 Å². The van der Waals surface area contributed by atoms with E-state index in [-0.39, 0.29) is 71.1 Å². The van der Waals surface area contributed by atoms with Crippen molar-refractivity contribution in [3.05, 3.63) is 84.9 Å². The Labute approximate surface area is 319 Å². The monoisotopic (exact) mass is 626 g/mol. The lowest BCUT2D eigenvalue weighted by atomic mass is 9.57. The molecule has 0 aliphatic rings. The Bertz CT molecular complexity index is 2750. The highest BCUT2D eigenvalue weighted by Gasteiger charge is 2.27. The first-order valence-corrected chi connectivity index (χ1v) is 16.4. The molecule has 0 aromatic heterocycles. The van der Waals surface area contributed by atoms with Gasteiger partial charge in [-0.25, -0.2) is 0 Å². The van der Waals surface area contributed by atoms with Gasteiger partial charge in [0.25, 0.3) is 0 Å². The van der Waals surface area contributed by atoms with Gasteiger partial charge < -0.3 is 0 Å². The Kier molecular flexibility index (Phi) is 8.41. The van der Waals surface area contributed by atoms with Crippen molar-refractivity contribution in [3.63, 3.8) is 0 Å². The standard InChI is InChI=1S/C40H14B12/c41-29-22(20-14-16-10-4-5-11-17(16)18-12-6-7-13-19(18)20)30(42)36(48)28(35(29)47)23-26-24(31(43)37(49)39(51)33(26)45)21(15-8-2-1-3-9-15)25-27(23)34(46)40(52)38(50)32(25)44/h1-14H.